The summed E-state index contributed by atoms with van der Waals surface area (Å²) in [5.41, 5.74) is 0.0444. The van der Waals surface area contributed by atoms with Gasteiger partial charge in [-0.25, -0.2) is 17.2 Å². The first kappa shape index (κ1) is 14.9. The fourth-order valence-electron chi connectivity index (χ4n) is 2.23. The Labute approximate surface area is 116 Å². The molecule has 1 fully saturated rings. The third-order valence-corrected chi connectivity index (χ3v) is 5.18. The topological polar surface area (TPSA) is 63.2 Å². The van der Waals surface area contributed by atoms with Crippen molar-refractivity contribution in [2.45, 2.75) is 12.8 Å². The zero-order valence-electron chi connectivity index (χ0n) is 10.7. The lowest BCUT2D eigenvalue weighted by atomic mass is 10.1. The molecule has 1 aliphatic heterocycles. The third kappa shape index (κ3) is 3.75. The molecule has 0 aromatic heterocycles. The highest BCUT2D eigenvalue weighted by atomic mass is 32.2. The van der Waals surface area contributed by atoms with Crippen LogP contribution >= 0.6 is 0 Å². The van der Waals surface area contributed by atoms with Gasteiger partial charge in [0.25, 0.3) is 5.91 Å². The molecule has 2 rings (SSSR count). The molecule has 1 aromatic carbocycles. The van der Waals surface area contributed by atoms with Crippen LogP contribution in [-0.2, 0) is 9.84 Å². The number of sulfone groups is 1. The van der Waals surface area contributed by atoms with E-state index in [1.165, 1.54) is 6.07 Å². The van der Waals surface area contributed by atoms with Crippen molar-refractivity contribution < 1.29 is 22.0 Å². The van der Waals surface area contributed by atoms with Crippen LogP contribution in [0.5, 0.6) is 0 Å². The van der Waals surface area contributed by atoms with Crippen LogP contribution < -0.4 is 5.32 Å². The summed E-state index contributed by atoms with van der Waals surface area (Å²) in [6.45, 7) is 0.317. The van der Waals surface area contributed by atoms with E-state index in [9.17, 15) is 22.0 Å². The molecule has 1 N–H and O–H groups in total. The van der Waals surface area contributed by atoms with Crippen LogP contribution in [0.3, 0.4) is 0 Å². The van der Waals surface area contributed by atoms with E-state index in [2.05, 4.69) is 5.32 Å². The van der Waals surface area contributed by atoms with Crippen molar-refractivity contribution in [3.05, 3.63) is 35.4 Å². The summed E-state index contributed by atoms with van der Waals surface area (Å²) < 4.78 is 48.2. The van der Waals surface area contributed by atoms with Gasteiger partial charge in [0.15, 0.2) is 21.5 Å². The SMILES string of the molecule is O=C(NCCC1CCS(=O)(=O)C1)c1ccc(F)c(F)c1. The van der Waals surface area contributed by atoms with E-state index < -0.39 is 27.4 Å². The van der Waals surface area contributed by atoms with Gasteiger partial charge in [-0.1, -0.05) is 0 Å². The maximum absolute atomic E-state index is 13.0. The molecule has 0 spiro atoms. The number of carbonyl (C=O) groups is 1. The van der Waals surface area contributed by atoms with Crippen molar-refractivity contribution in [1.29, 1.82) is 0 Å². The average Bonchev–Trinajstić information content (AvgIpc) is 2.72. The molecule has 1 aliphatic rings. The van der Waals surface area contributed by atoms with Crippen LogP contribution in [0.25, 0.3) is 0 Å². The first-order valence-electron chi connectivity index (χ1n) is 6.31. The van der Waals surface area contributed by atoms with Gasteiger partial charge >= 0.3 is 0 Å². The second-order valence-corrected chi connectivity index (χ2v) is 7.17. The number of hydrogen-bond donors (Lipinski definition) is 1. The van der Waals surface area contributed by atoms with Gasteiger partial charge in [0.2, 0.25) is 0 Å². The summed E-state index contributed by atoms with van der Waals surface area (Å²) >= 11 is 0. The summed E-state index contributed by atoms with van der Waals surface area (Å²) in [4.78, 5) is 11.7. The van der Waals surface area contributed by atoms with Crippen molar-refractivity contribution in [1.82, 2.24) is 5.32 Å². The first-order chi connectivity index (χ1) is 9.37. The van der Waals surface area contributed by atoms with E-state index in [0.29, 0.717) is 19.4 Å². The van der Waals surface area contributed by atoms with E-state index in [-0.39, 0.29) is 23.0 Å². The minimum Gasteiger partial charge on any atom is -0.352 e. The summed E-state index contributed by atoms with van der Waals surface area (Å²) in [7, 11) is -2.91. The van der Waals surface area contributed by atoms with Gasteiger partial charge in [-0.05, 0) is 37.0 Å². The van der Waals surface area contributed by atoms with E-state index in [4.69, 9.17) is 0 Å². The normalized spacial score (nSPS) is 20.8. The zero-order valence-corrected chi connectivity index (χ0v) is 11.6. The van der Waals surface area contributed by atoms with Crippen LogP contribution in [0.15, 0.2) is 18.2 Å². The molecule has 0 bridgehead atoms. The predicted molar refractivity (Wildman–Crippen MR) is 70.1 cm³/mol. The molecule has 0 radical (unpaired) electrons. The summed E-state index contributed by atoms with van der Waals surface area (Å²) in [5, 5.41) is 2.58. The molecule has 20 heavy (non-hydrogen) atoms. The molecular formula is C13H15F2NO3S. The Morgan fingerprint density at radius 3 is 2.65 bits per heavy atom. The van der Waals surface area contributed by atoms with Crippen LogP contribution in [-0.4, -0.2) is 32.4 Å². The van der Waals surface area contributed by atoms with Crippen LogP contribution in [0.2, 0.25) is 0 Å². The van der Waals surface area contributed by atoms with Crippen molar-refractivity contribution in [2.24, 2.45) is 5.92 Å². The smallest absolute Gasteiger partial charge is 0.251 e. The monoisotopic (exact) mass is 303 g/mol. The minimum atomic E-state index is -2.91. The van der Waals surface area contributed by atoms with Gasteiger partial charge in [-0.15, -0.1) is 0 Å². The molecule has 7 heteroatoms. The lowest BCUT2D eigenvalue weighted by Gasteiger charge is -2.09. The van der Waals surface area contributed by atoms with Crippen molar-refractivity contribution >= 4 is 15.7 Å². The van der Waals surface area contributed by atoms with Crippen molar-refractivity contribution in [3.8, 4) is 0 Å². The number of amides is 1. The van der Waals surface area contributed by atoms with E-state index in [1.807, 2.05) is 0 Å². The molecule has 1 heterocycles. The van der Waals surface area contributed by atoms with Gasteiger partial charge in [0.05, 0.1) is 11.5 Å². The van der Waals surface area contributed by atoms with Gasteiger partial charge in [-0.3, -0.25) is 4.79 Å². The lowest BCUT2D eigenvalue weighted by molar-refractivity contribution is 0.0951. The number of carbonyl (C=O) groups excluding carboxylic acids is 1. The standard InChI is InChI=1S/C13H15F2NO3S/c14-11-2-1-10(7-12(11)15)13(17)16-5-3-9-4-6-20(18,19)8-9/h1-2,7,9H,3-6,8H2,(H,16,17). The Balaban J connectivity index is 1.82. The third-order valence-electron chi connectivity index (χ3n) is 3.35. The first-order valence-corrected chi connectivity index (χ1v) is 8.13. The maximum atomic E-state index is 13.0. The Kier molecular flexibility index (Phi) is 4.37. The molecule has 1 saturated heterocycles. The second kappa shape index (κ2) is 5.87. The van der Waals surface area contributed by atoms with Crippen LogP contribution in [0.1, 0.15) is 23.2 Å². The van der Waals surface area contributed by atoms with Gasteiger partial charge < -0.3 is 5.32 Å². The average molecular weight is 303 g/mol. The quantitative estimate of drug-likeness (QED) is 0.917. The molecular weight excluding hydrogens is 288 g/mol. The Bertz CT molecular complexity index is 616. The van der Waals surface area contributed by atoms with E-state index >= 15 is 0 Å². The summed E-state index contributed by atoms with van der Waals surface area (Å²) in [5.74, 6) is -2.14. The fourth-order valence-corrected chi connectivity index (χ4v) is 4.14. The maximum Gasteiger partial charge on any atom is 0.251 e. The Morgan fingerprint density at radius 1 is 1.30 bits per heavy atom. The molecule has 1 aromatic rings. The van der Waals surface area contributed by atoms with Gasteiger partial charge in [-0.2, -0.15) is 0 Å². The van der Waals surface area contributed by atoms with E-state index in [0.717, 1.165) is 12.1 Å². The highest BCUT2D eigenvalue weighted by Crippen LogP contribution is 2.20. The van der Waals surface area contributed by atoms with Crippen molar-refractivity contribution in [3.63, 3.8) is 0 Å². The fraction of sp³-hybridized carbons (Fsp3) is 0.462. The van der Waals surface area contributed by atoms with Gasteiger partial charge in [0.1, 0.15) is 0 Å². The van der Waals surface area contributed by atoms with Gasteiger partial charge in [0, 0.05) is 12.1 Å². The minimum absolute atomic E-state index is 0.0444. The number of hydrogen-bond acceptors (Lipinski definition) is 3. The Morgan fingerprint density at radius 2 is 2.05 bits per heavy atom. The number of benzene rings is 1. The largest absolute Gasteiger partial charge is 0.352 e. The molecule has 1 amide bonds. The molecule has 4 nitrogen and oxygen atoms in total. The second-order valence-electron chi connectivity index (χ2n) is 4.94. The molecule has 1 unspecified atom stereocenters. The molecule has 110 valence electrons. The molecule has 0 aliphatic carbocycles. The number of rotatable bonds is 4. The van der Waals surface area contributed by atoms with E-state index in [1.54, 1.807) is 0 Å². The highest BCUT2D eigenvalue weighted by Gasteiger charge is 2.27. The van der Waals surface area contributed by atoms with Crippen LogP contribution in [0, 0.1) is 17.6 Å². The Hall–Kier alpha value is -1.50. The summed E-state index contributed by atoms with van der Waals surface area (Å²) in [6.07, 6.45) is 1.18. The zero-order chi connectivity index (χ0) is 14.8. The lowest BCUT2D eigenvalue weighted by Crippen LogP contribution is -2.26. The number of nitrogens with one attached hydrogen (secondary N) is 1. The predicted octanol–water partition coefficient (Wildman–Crippen LogP) is 1.52. The summed E-state index contributed by atoms with van der Waals surface area (Å²) in [6, 6.07) is 2.94. The molecule has 0 saturated carbocycles. The molecule has 1 atom stereocenters. The van der Waals surface area contributed by atoms with Crippen LogP contribution in [0.4, 0.5) is 8.78 Å². The highest BCUT2D eigenvalue weighted by molar-refractivity contribution is 7.91. The van der Waals surface area contributed by atoms with Crippen molar-refractivity contribution in [2.75, 3.05) is 18.1 Å². The number of halogens is 2.